The maximum atomic E-state index is 12.4. The highest BCUT2D eigenvalue weighted by Gasteiger charge is 2.26. The Morgan fingerprint density at radius 3 is 2.60 bits per heavy atom. The van der Waals surface area contributed by atoms with Gasteiger partial charge in [0.25, 0.3) is 5.91 Å². The van der Waals surface area contributed by atoms with Gasteiger partial charge in [0.2, 0.25) is 11.8 Å². The van der Waals surface area contributed by atoms with Gasteiger partial charge in [0.1, 0.15) is 0 Å². The van der Waals surface area contributed by atoms with E-state index in [-0.39, 0.29) is 24.3 Å². The zero-order valence-corrected chi connectivity index (χ0v) is 14.8. The van der Waals surface area contributed by atoms with E-state index in [4.69, 9.17) is 5.73 Å². The molecule has 3 amide bonds. The number of rotatable bonds is 6. The van der Waals surface area contributed by atoms with Gasteiger partial charge in [-0.05, 0) is 31.0 Å². The van der Waals surface area contributed by atoms with Crippen LogP contribution >= 0.6 is 0 Å². The summed E-state index contributed by atoms with van der Waals surface area (Å²) in [5, 5.41) is 5.52. The van der Waals surface area contributed by atoms with Crippen LogP contribution in [0.25, 0.3) is 0 Å². The third-order valence-electron chi connectivity index (χ3n) is 4.27. The van der Waals surface area contributed by atoms with Gasteiger partial charge in [-0.1, -0.05) is 25.5 Å². The minimum absolute atomic E-state index is 0.0865. The predicted molar refractivity (Wildman–Crippen MR) is 94.7 cm³/mol. The monoisotopic (exact) mass is 346 g/mol. The average molecular weight is 346 g/mol. The number of hydrogen-bond donors (Lipinski definition) is 3. The normalized spacial score (nSPS) is 16.8. The van der Waals surface area contributed by atoms with Gasteiger partial charge in [0.05, 0.1) is 12.1 Å². The Labute approximate surface area is 147 Å². The van der Waals surface area contributed by atoms with Crippen molar-refractivity contribution < 1.29 is 14.4 Å². The second kappa shape index (κ2) is 8.11. The molecule has 1 heterocycles. The Morgan fingerprint density at radius 1 is 1.32 bits per heavy atom. The lowest BCUT2D eigenvalue weighted by molar-refractivity contribution is -0.126. The fraction of sp³-hybridized carbons (Fsp3) is 0.500. The lowest BCUT2D eigenvalue weighted by atomic mass is 9.96. The maximum Gasteiger partial charge on any atom is 0.254 e. The summed E-state index contributed by atoms with van der Waals surface area (Å²) in [5.41, 5.74) is 6.53. The molecule has 7 nitrogen and oxygen atoms in total. The molecule has 1 aromatic rings. The highest BCUT2D eigenvalue weighted by molar-refractivity contribution is 5.97. The summed E-state index contributed by atoms with van der Waals surface area (Å²) in [5.74, 6) is -0.493. The van der Waals surface area contributed by atoms with Crippen molar-refractivity contribution in [2.75, 3.05) is 19.6 Å². The largest absolute Gasteiger partial charge is 0.353 e. The second-order valence-electron chi connectivity index (χ2n) is 6.62. The predicted octanol–water partition coefficient (Wildman–Crippen LogP) is 0.392. The van der Waals surface area contributed by atoms with Crippen LogP contribution in [0.5, 0.6) is 0 Å². The smallest absolute Gasteiger partial charge is 0.254 e. The minimum atomic E-state index is -0.876. The Bertz CT molecular complexity index is 640. The first-order chi connectivity index (χ1) is 11.8. The highest BCUT2D eigenvalue weighted by Crippen LogP contribution is 2.11. The topological polar surface area (TPSA) is 105 Å². The number of hydrogen-bond acceptors (Lipinski definition) is 4. The number of piperazine rings is 1. The van der Waals surface area contributed by atoms with Crippen LogP contribution in [-0.2, 0) is 16.1 Å². The SMILES string of the molecule is CCCC(C)(N)C(=O)NCc1ccc(C(=O)N2CCNC(=O)C2)cc1. The first-order valence-electron chi connectivity index (χ1n) is 8.55. The summed E-state index contributed by atoms with van der Waals surface area (Å²) < 4.78 is 0. The first-order valence-corrected chi connectivity index (χ1v) is 8.55. The molecule has 136 valence electrons. The van der Waals surface area contributed by atoms with Gasteiger partial charge in [-0.3, -0.25) is 14.4 Å². The molecule has 0 aliphatic carbocycles. The standard InChI is InChI=1S/C18H26N4O3/c1-3-8-18(2,19)17(25)21-11-13-4-6-14(7-5-13)16(24)22-10-9-20-15(23)12-22/h4-7H,3,8-12,19H2,1-2H3,(H,20,23)(H,21,25). The molecule has 1 atom stereocenters. The molecular weight excluding hydrogens is 320 g/mol. The Hall–Kier alpha value is -2.41. The van der Waals surface area contributed by atoms with Crippen LogP contribution in [0.4, 0.5) is 0 Å². The van der Waals surface area contributed by atoms with E-state index in [1.165, 1.54) is 4.90 Å². The van der Waals surface area contributed by atoms with Crippen molar-refractivity contribution >= 4 is 17.7 Å². The number of benzene rings is 1. The van der Waals surface area contributed by atoms with Crippen molar-refractivity contribution in [2.24, 2.45) is 5.73 Å². The summed E-state index contributed by atoms with van der Waals surface area (Å²) in [6.45, 7) is 5.14. The summed E-state index contributed by atoms with van der Waals surface area (Å²) in [6, 6.07) is 7.02. The van der Waals surface area contributed by atoms with Gasteiger partial charge in [0, 0.05) is 25.2 Å². The van der Waals surface area contributed by atoms with Crippen LogP contribution in [0, 0.1) is 0 Å². The van der Waals surface area contributed by atoms with E-state index in [9.17, 15) is 14.4 Å². The number of amides is 3. The van der Waals surface area contributed by atoms with Gasteiger partial charge < -0.3 is 21.3 Å². The van der Waals surface area contributed by atoms with Gasteiger partial charge in [-0.25, -0.2) is 0 Å². The van der Waals surface area contributed by atoms with E-state index >= 15 is 0 Å². The van der Waals surface area contributed by atoms with Crippen LogP contribution in [0.3, 0.4) is 0 Å². The van der Waals surface area contributed by atoms with Crippen molar-refractivity contribution in [1.82, 2.24) is 15.5 Å². The van der Waals surface area contributed by atoms with Crippen LogP contribution in [0.15, 0.2) is 24.3 Å². The van der Waals surface area contributed by atoms with E-state index in [0.29, 0.717) is 31.6 Å². The molecule has 25 heavy (non-hydrogen) atoms. The van der Waals surface area contributed by atoms with Crippen molar-refractivity contribution in [3.05, 3.63) is 35.4 Å². The molecule has 0 bridgehead atoms. The van der Waals surface area contributed by atoms with Gasteiger partial charge in [-0.15, -0.1) is 0 Å². The molecule has 0 spiro atoms. The molecule has 1 fully saturated rings. The Balaban J connectivity index is 1.92. The average Bonchev–Trinajstić information content (AvgIpc) is 2.59. The molecular formula is C18H26N4O3. The number of nitrogens with one attached hydrogen (secondary N) is 2. The summed E-state index contributed by atoms with van der Waals surface area (Å²) in [4.78, 5) is 37.4. The van der Waals surface area contributed by atoms with Gasteiger partial charge in [0.15, 0.2) is 0 Å². The quantitative estimate of drug-likeness (QED) is 0.693. The van der Waals surface area contributed by atoms with E-state index in [1.807, 2.05) is 6.92 Å². The van der Waals surface area contributed by atoms with Crippen molar-refractivity contribution in [3.63, 3.8) is 0 Å². The number of nitrogens with two attached hydrogens (primary N) is 1. The van der Waals surface area contributed by atoms with Gasteiger partial charge >= 0.3 is 0 Å². The highest BCUT2D eigenvalue weighted by atomic mass is 16.2. The molecule has 1 saturated heterocycles. The Kier molecular flexibility index (Phi) is 6.14. The zero-order valence-electron chi connectivity index (χ0n) is 14.8. The maximum absolute atomic E-state index is 12.4. The van der Waals surface area contributed by atoms with Crippen molar-refractivity contribution in [3.8, 4) is 0 Å². The molecule has 2 rings (SSSR count). The molecule has 1 aliphatic rings. The summed E-state index contributed by atoms with van der Waals surface area (Å²) in [7, 11) is 0. The number of nitrogens with zero attached hydrogens (tertiary/aromatic N) is 1. The third-order valence-corrected chi connectivity index (χ3v) is 4.27. The molecule has 0 aromatic heterocycles. The minimum Gasteiger partial charge on any atom is -0.353 e. The van der Waals surface area contributed by atoms with Crippen molar-refractivity contribution in [1.29, 1.82) is 0 Å². The van der Waals surface area contributed by atoms with Crippen molar-refractivity contribution in [2.45, 2.75) is 38.8 Å². The van der Waals surface area contributed by atoms with E-state index in [1.54, 1.807) is 31.2 Å². The molecule has 0 radical (unpaired) electrons. The number of carbonyl (C=O) groups is 3. The second-order valence-corrected chi connectivity index (χ2v) is 6.62. The lowest BCUT2D eigenvalue weighted by Gasteiger charge is -2.26. The fourth-order valence-corrected chi connectivity index (χ4v) is 2.78. The third kappa shape index (κ3) is 5.03. The van der Waals surface area contributed by atoms with E-state index in [2.05, 4.69) is 10.6 Å². The van der Waals surface area contributed by atoms with Gasteiger partial charge in [-0.2, -0.15) is 0 Å². The molecule has 1 unspecified atom stereocenters. The van der Waals surface area contributed by atoms with Crippen LogP contribution < -0.4 is 16.4 Å². The fourth-order valence-electron chi connectivity index (χ4n) is 2.78. The van der Waals surface area contributed by atoms with Crippen LogP contribution in [0.2, 0.25) is 0 Å². The lowest BCUT2D eigenvalue weighted by Crippen LogP contribution is -2.51. The molecule has 4 N–H and O–H groups in total. The molecule has 7 heteroatoms. The first kappa shape index (κ1) is 18.9. The summed E-state index contributed by atoms with van der Waals surface area (Å²) >= 11 is 0. The summed E-state index contributed by atoms with van der Waals surface area (Å²) in [6.07, 6.45) is 1.46. The molecule has 0 saturated carbocycles. The zero-order chi connectivity index (χ0) is 18.4. The van der Waals surface area contributed by atoms with Crippen LogP contribution in [-0.4, -0.2) is 47.8 Å². The number of carbonyl (C=O) groups excluding carboxylic acids is 3. The molecule has 1 aliphatic heterocycles. The Morgan fingerprint density at radius 2 is 2.00 bits per heavy atom. The van der Waals surface area contributed by atoms with Crippen LogP contribution in [0.1, 0.15) is 42.6 Å². The molecule has 1 aromatic carbocycles. The van der Waals surface area contributed by atoms with E-state index < -0.39 is 5.54 Å². The van der Waals surface area contributed by atoms with E-state index in [0.717, 1.165) is 12.0 Å².